The summed E-state index contributed by atoms with van der Waals surface area (Å²) in [6, 6.07) is 19.5. The van der Waals surface area contributed by atoms with E-state index in [4.69, 9.17) is 38.0 Å². The molecule has 1 amide bonds. The molecule has 4 rings (SSSR count). The number of esters is 1. The van der Waals surface area contributed by atoms with Crippen molar-refractivity contribution >= 4 is 63.5 Å². The maximum absolute atomic E-state index is 13.2. The molecule has 3 aromatic rings. The first-order chi connectivity index (χ1) is 16.9. The molecule has 35 heavy (non-hydrogen) atoms. The van der Waals surface area contributed by atoms with E-state index in [2.05, 4.69) is 0 Å². The van der Waals surface area contributed by atoms with Gasteiger partial charge in [-0.15, -0.1) is 0 Å². The van der Waals surface area contributed by atoms with Crippen molar-refractivity contribution in [3.8, 4) is 11.5 Å². The fraction of sp³-hybridized carbons (Fsp3) is 0.115. The quantitative estimate of drug-likeness (QED) is 0.209. The van der Waals surface area contributed by atoms with E-state index in [0.29, 0.717) is 38.0 Å². The number of hydrogen-bond acceptors (Lipinski definition) is 7. The Morgan fingerprint density at radius 3 is 2.51 bits per heavy atom. The molecule has 178 valence electrons. The largest absolute Gasteiger partial charge is 0.493 e. The van der Waals surface area contributed by atoms with Gasteiger partial charge in [0.05, 0.1) is 30.4 Å². The van der Waals surface area contributed by atoms with Gasteiger partial charge < -0.3 is 14.2 Å². The second-order valence-electron chi connectivity index (χ2n) is 7.35. The summed E-state index contributed by atoms with van der Waals surface area (Å²) < 4.78 is 16.6. The molecule has 9 heteroatoms. The fourth-order valence-electron chi connectivity index (χ4n) is 3.41. The third-order valence-electron chi connectivity index (χ3n) is 5.14. The third kappa shape index (κ3) is 5.51. The molecule has 0 aliphatic carbocycles. The van der Waals surface area contributed by atoms with Crippen LogP contribution in [0.5, 0.6) is 11.5 Å². The number of ether oxygens (including phenoxy) is 3. The van der Waals surface area contributed by atoms with Gasteiger partial charge in [0.1, 0.15) is 6.61 Å². The van der Waals surface area contributed by atoms with Crippen LogP contribution in [-0.4, -0.2) is 30.4 Å². The molecule has 0 saturated carbocycles. The number of rotatable bonds is 7. The molecule has 6 nitrogen and oxygen atoms in total. The van der Waals surface area contributed by atoms with Gasteiger partial charge in [-0.25, -0.2) is 4.79 Å². The van der Waals surface area contributed by atoms with Crippen LogP contribution < -0.4 is 14.4 Å². The smallest absolute Gasteiger partial charge is 0.339 e. The zero-order valence-electron chi connectivity index (χ0n) is 18.8. The Hall–Kier alpha value is -3.33. The summed E-state index contributed by atoms with van der Waals surface area (Å²) in [6.07, 6.45) is 1.73. The molecular weight excluding hydrogens is 506 g/mol. The van der Waals surface area contributed by atoms with Gasteiger partial charge in [0.2, 0.25) is 0 Å². The number of carbonyl (C=O) groups excluding carboxylic acids is 2. The molecule has 0 aromatic heterocycles. The van der Waals surface area contributed by atoms with Crippen molar-refractivity contribution in [1.82, 2.24) is 0 Å². The number of carbonyl (C=O) groups is 2. The molecule has 3 aromatic carbocycles. The van der Waals surface area contributed by atoms with Crippen LogP contribution in [0, 0.1) is 0 Å². The first kappa shape index (κ1) is 24.8. The van der Waals surface area contributed by atoms with Crippen LogP contribution in [-0.2, 0) is 16.1 Å². The van der Waals surface area contributed by atoms with Crippen LogP contribution in [0.2, 0.25) is 5.02 Å². The summed E-state index contributed by atoms with van der Waals surface area (Å²) in [5, 5.41) is 0.662. The van der Waals surface area contributed by atoms with Crippen LogP contribution in [0.15, 0.2) is 71.6 Å². The number of thioether (sulfide) groups is 1. The molecule has 0 N–H and O–H groups in total. The monoisotopic (exact) mass is 525 g/mol. The lowest BCUT2D eigenvalue weighted by atomic mass is 10.1. The van der Waals surface area contributed by atoms with Crippen molar-refractivity contribution in [3.63, 3.8) is 0 Å². The van der Waals surface area contributed by atoms with Gasteiger partial charge in [-0.05, 0) is 53.6 Å². The minimum atomic E-state index is -0.544. The molecule has 1 aliphatic heterocycles. The number of benzene rings is 3. The second kappa shape index (κ2) is 10.9. The zero-order valence-corrected chi connectivity index (χ0v) is 21.2. The SMILES string of the molecule is COC(=O)c1ccccc1N1C(=O)/C(=C/c2ccc(OCc3ccc(Cl)cc3)c(OC)c2)SC1=S. The van der Waals surface area contributed by atoms with Gasteiger partial charge in [-0.2, -0.15) is 0 Å². The molecule has 0 bridgehead atoms. The highest BCUT2D eigenvalue weighted by Crippen LogP contribution is 2.38. The van der Waals surface area contributed by atoms with Crippen LogP contribution >= 0.6 is 35.6 Å². The third-order valence-corrected chi connectivity index (χ3v) is 6.69. The average molecular weight is 526 g/mol. The lowest BCUT2D eigenvalue weighted by Crippen LogP contribution is -2.29. The zero-order chi connectivity index (χ0) is 24.9. The van der Waals surface area contributed by atoms with Crippen LogP contribution in [0.25, 0.3) is 6.08 Å². The van der Waals surface area contributed by atoms with Crippen molar-refractivity contribution in [2.24, 2.45) is 0 Å². The van der Waals surface area contributed by atoms with Crippen molar-refractivity contribution in [1.29, 1.82) is 0 Å². The van der Waals surface area contributed by atoms with E-state index in [9.17, 15) is 9.59 Å². The number of nitrogens with zero attached hydrogens (tertiary/aromatic N) is 1. The van der Waals surface area contributed by atoms with Crippen molar-refractivity contribution in [2.75, 3.05) is 19.1 Å². The first-order valence-electron chi connectivity index (χ1n) is 10.4. The Kier molecular flexibility index (Phi) is 7.75. The van der Waals surface area contributed by atoms with E-state index >= 15 is 0 Å². The van der Waals surface area contributed by atoms with E-state index in [1.165, 1.54) is 12.0 Å². The maximum Gasteiger partial charge on any atom is 0.339 e. The first-order valence-corrected chi connectivity index (χ1v) is 12.0. The average Bonchev–Trinajstić information content (AvgIpc) is 3.15. The number of para-hydroxylation sites is 1. The molecule has 0 unspecified atom stereocenters. The maximum atomic E-state index is 13.2. The number of halogens is 1. The molecule has 1 aliphatic rings. The van der Waals surface area contributed by atoms with Crippen molar-refractivity contribution in [2.45, 2.75) is 6.61 Å². The minimum Gasteiger partial charge on any atom is -0.493 e. The molecule has 1 heterocycles. The van der Waals surface area contributed by atoms with E-state index in [1.54, 1.807) is 61.7 Å². The summed E-state index contributed by atoms with van der Waals surface area (Å²) in [5.74, 6) is 0.231. The Labute approximate surface area is 217 Å². The molecule has 1 saturated heterocycles. The topological polar surface area (TPSA) is 65.1 Å². The minimum absolute atomic E-state index is 0.261. The molecule has 0 radical (unpaired) electrons. The number of anilines is 1. The van der Waals surface area contributed by atoms with Gasteiger partial charge in [-0.1, -0.05) is 65.9 Å². The highest BCUT2D eigenvalue weighted by Gasteiger charge is 2.35. The van der Waals surface area contributed by atoms with Crippen molar-refractivity contribution < 1.29 is 23.8 Å². The summed E-state index contributed by atoms with van der Waals surface area (Å²) in [7, 11) is 2.84. The van der Waals surface area contributed by atoms with E-state index in [0.717, 1.165) is 22.9 Å². The lowest BCUT2D eigenvalue weighted by molar-refractivity contribution is -0.113. The fourth-order valence-corrected chi connectivity index (χ4v) is 4.82. The molecule has 0 spiro atoms. The van der Waals surface area contributed by atoms with E-state index in [-0.39, 0.29) is 11.5 Å². The number of hydrogen-bond donors (Lipinski definition) is 0. The number of thiocarbonyl (C=S) groups is 1. The molecule has 0 atom stereocenters. The van der Waals surface area contributed by atoms with E-state index < -0.39 is 5.97 Å². The Morgan fingerprint density at radius 1 is 1.06 bits per heavy atom. The van der Waals surface area contributed by atoms with Crippen LogP contribution in [0.4, 0.5) is 5.69 Å². The van der Waals surface area contributed by atoms with Gasteiger partial charge in [0.15, 0.2) is 15.8 Å². The highest BCUT2D eigenvalue weighted by atomic mass is 35.5. The van der Waals surface area contributed by atoms with Crippen LogP contribution in [0.1, 0.15) is 21.5 Å². The van der Waals surface area contributed by atoms with Gasteiger partial charge in [0.25, 0.3) is 5.91 Å². The normalized spacial score (nSPS) is 14.4. The van der Waals surface area contributed by atoms with Gasteiger partial charge in [-0.3, -0.25) is 9.69 Å². The number of amides is 1. The van der Waals surface area contributed by atoms with Crippen LogP contribution in [0.3, 0.4) is 0 Å². The lowest BCUT2D eigenvalue weighted by Gasteiger charge is -2.17. The predicted octanol–water partition coefficient (Wildman–Crippen LogP) is 6.12. The van der Waals surface area contributed by atoms with E-state index in [1.807, 2.05) is 18.2 Å². The highest BCUT2D eigenvalue weighted by molar-refractivity contribution is 8.27. The standard InChI is InChI=1S/C26H20ClNO5S2/c1-31-22-13-17(9-12-21(22)33-15-16-7-10-18(27)11-8-16)14-23-24(29)28(26(34)35-23)20-6-4-3-5-19(20)25(30)32-2/h3-14H,15H2,1-2H3/b23-14-. The molecular formula is C26H20ClNO5S2. The summed E-state index contributed by atoms with van der Waals surface area (Å²) in [4.78, 5) is 27.2. The second-order valence-corrected chi connectivity index (χ2v) is 9.46. The molecule has 1 fully saturated rings. The Bertz CT molecular complexity index is 1320. The van der Waals surface area contributed by atoms with Gasteiger partial charge in [0, 0.05) is 5.02 Å². The Balaban J connectivity index is 1.56. The Morgan fingerprint density at radius 2 is 1.80 bits per heavy atom. The van der Waals surface area contributed by atoms with Gasteiger partial charge >= 0.3 is 5.97 Å². The van der Waals surface area contributed by atoms with Crippen molar-refractivity contribution in [3.05, 3.63) is 93.3 Å². The summed E-state index contributed by atoms with van der Waals surface area (Å²) >= 11 is 12.5. The number of methoxy groups -OCH3 is 2. The summed E-state index contributed by atoms with van der Waals surface area (Å²) in [6.45, 7) is 0.352. The predicted molar refractivity (Wildman–Crippen MR) is 142 cm³/mol. The summed E-state index contributed by atoms with van der Waals surface area (Å²) in [5.41, 5.74) is 2.35.